The summed E-state index contributed by atoms with van der Waals surface area (Å²) in [7, 11) is 1.38. The molecule has 1 rings (SSSR count). The molecule has 3 nitrogen and oxygen atoms in total. The monoisotopic (exact) mass is 254 g/mol. The van der Waals surface area contributed by atoms with E-state index in [9.17, 15) is 4.79 Å². The highest BCUT2D eigenvalue weighted by atomic mass is 35.5. The molecule has 4 heteroatoms. The quantitative estimate of drug-likeness (QED) is 0.445. The predicted molar refractivity (Wildman–Crippen MR) is 67.5 cm³/mol. The van der Waals surface area contributed by atoms with Gasteiger partial charge in [-0.05, 0) is 17.7 Å². The van der Waals surface area contributed by atoms with Crippen LogP contribution in [0.15, 0.2) is 36.4 Å². The van der Waals surface area contributed by atoms with Gasteiger partial charge in [-0.15, -0.1) is 11.6 Å². The molecule has 0 spiro atoms. The van der Waals surface area contributed by atoms with E-state index in [2.05, 4.69) is 4.74 Å². The van der Waals surface area contributed by atoms with Crippen LogP contribution in [0.4, 0.5) is 0 Å². The maximum atomic E-state index is 11.0. The molecule has 0 radical (unpaired) electrons. The summed E-state index contributed by atoms with van der Waals surface area (Å²) >= 11 is 5.48. The number of rotatable bonds is 6. The molecule has 0 amide bonds. The van der Waals surface area contributed by atoms with Crippen LogP contribution in [0.2, 0.25) is 0 Å². The average molecular weight is 255 g/mol. The van der Waals surface area contributed by atoms with E-state index in [0.29, 0.717) is 12.5 Å². The van der Waals surface area contributed by atoms with E-state index in [-0.39, 0.29) is 12.4 Å². The van der Waals surface area contributed by atoms with E-state index >= 15 is 0 Å². The Morgan fingerprint density at radius 1 is 1.29 bits per heavy atom. The standard InChI is InChI=1S/C13H15ClO3/c1-16-13(15)10-11-4-6-12(7-5-11)17-9-3-2-8-14/h2-7H,8-10H2,1H3. The lowest BCUT2D eigenvalue weighted by molar-refractivity contribution is -0.139. The van der Waals surface area contributed by atoms with Gasteiger partial charge in [-0.3, -0.25) is 4.79 Å². The fourth-order valence-electron chi connectivity index (χ4n) is 1.22. The first kappa shape index (κ1) is 13.6. The smallest absolute Gasteiger partial charge is 0.309 e. The van der Waals surface area contributed by atoms with Gasteiger partial charge in [0.2, 0.25) is 0 Å². The van der Waals surface area contributed by atoms with E-state index in [1.165, 1.54) is 7.11 Å². The zero-order chi connectivity index (χ0) is 12.5. The Morgan fingerprint density at radius 2 is 2.00 bits per heavy atom. The van der Waals surface area contributed by atoms with Gasteiger partial charge in [-0.1, -0.05) is 24.3 Å². The molecule has 0 aliphatic carbocycles. The number of esters is 1. The summed E-state index contributed by atoms with van der Waals surface area (Å²) in [5, 5.41) is 0. The Balaban J connectivity index is 2.44. The highest BCUT2D eigenvalue weighted by molar-refractivity contribution is 6.18. The maximum absolute atomic E-state index is 11.0. The van der Waals surface area contributed by atoms with Gasteiger partial charge >= 0.3 is 5.97 Å². The van der Waals surface area contributed by atoms with Crippen LogP contribution in [0.3, 0.4) is 0 Å². The van der Waals surface area contributed by atoms with Crippen molar-refractivity contribution in [3.63, 3.8) is 0 Å². The summed E-state index contributed by atoms with van der Waals surface area (Å²) in [6, 6.07) is 7.34. The number of benzene rings is 1. The first-order chi connectivity index (χ1) is 8.26. The van der Waals surface area contributed by atoms with Gasteiger partial charge in [0.05, 0.1) is 13.5 Å². The Bertz CT molecular complexity index is 371. The van der Waals surface area contributed by atoms with Crippen molar-refractivity contribution in [2.45, 2.75) is 6.42 Å². The molecule has 0 saturated carbocycles. The first-order valence-corrected chi connectivity index (χ1v) is 5.79. The van der Waals surface area contributed by atoms with E-state index in [4.69, 9.17) is 16.3 Å². The van der Waals surface area contributed by atoms with Crippen LogP contribution in [0.5, 0.6) is 5.75 Å². The average Bonchev–Trinajstić information content (AvgIpc) is 2.36. The van der Waals surface area contributed by atoms with Crippen LogP contribution in [0, 0.1) is 0 Å². The molecule has 0 aliphatic heterocycles. The number of halogens is 1. The molecule has 0 saturated heterocycles. The second kappa shape index (κ2) is 7.74. The van der Waals surface area contributed by atoms with Crippen molar-refractivity contribution in [2.24, 2.45) is 0 Å². The zero-order valence-electron chi connectivity index (χ0n) is 9.69. The van der Waals surface area contributed by atoms with Gasteiger partial charge in [0.15, 0.2) is 0 Å². The third-order valence-corrected chi connectivity index (χ3v) is 2.28. The van der Waals surface area contributed by atoms with Crippen LogP contribution in [-0.4, -0.2) is 25.6 Å². The number of alkyl halides is 1. The van der Waals surface area contributed by atoms with Crippen molar-refractivity contribution in [1.82, 2.24) is 0 Å². The van der Waals surface area contributed by atoms with Crippen molar-refractivity contribution < 1.29 is 14.3 Å². The Kier molecular flexibility index (Phi) is 6.18. The minimum absolute atomic E-state index is 0.247. The summed E-state index contributed by atoms with van der Waals surface area (Å²) < 4.78 is 10.0. The number of carbonyl (C=O) groups excluding carboxylic acids is 1. The molecular weight excluding hydrogens is 240 g/mol. The minimum atomic E-state index is -0.247. The van der Waals surface area contributed by atoms with Gasteiger partial charge in [-0.25, -0.2) is 0 Å². The number of ether oxygens (including phenoxy) is 2. The summed E-state index contributed by atoms with van der Waals surface area (Å²) in [6.45, 7) is 0.489. The fourth-order valence-corrected chi connectivity index (χ4v) is 1.34. The molecule has 0 unspecified atom stereocenters. The van der Waals surface area contributed by atoms with Crippen molar-refractivity contribution >= 4 is 17.6 Å². The molecule has 0 fully saturated rings. The third-order valence-electron chi connectivity index (χ3n) is 2.10. The van der Waals surface area contributed by atoms with Crippen molar-refractivity contribution in [2.75, 3.05) is 19.6 Å². The highest BCUT2D eigenvalue weighted by Crippen LogP contribution is 2.12. The van der Waals surface area contributed by atoms with Gasteiger partial charge < -0.3 is 9.47 Å². The minimum Gasteiger partial charge on any atom is -0.490 e. The molecule has 17 heavy (non-hydrogen) atoms. The Morgan fingerprint density at radius 3 is 2.59 bits per heavy atom. The molecular formula is C13H15ClO3. The molecule has 0 aliphatic rings. The summed E-state index contributed by atoms with van der Waals surface area (Å²) in [4.78, 5) is 11.0. The summed E-state index contributed by atoms with van der Waals surface area (Å²) in [5.41, 5.74) is 0.903. The van der Waals surface area contributed by atoms with Crippen LogP contribution >= 0.6 is 11.6 Å². The molecule has 1 aromatic carbocycles. The topological polar surface area (TPSA) is 35.5 Å². The Labute approximate surface area is 106 Å². The lowest BCUT2D eigenvalue weighted by Gasteiger charge is -2.04. The van der Waals surface area contributed by atoms with Crippen LogP contribution in [0.1, 0.15) is 5.56 Å². The van der Waals surface area contributed by atoms with Crippen LogP contribution in [0.25, 0.3) is 0 Å². The second-order valence-corrected chi connectivity index (χ2v) is 3.64. The van der Waals surface area contributed by atoms with Crippen molar-refractivity contribution in [3.05, 3.63) is 42.0 Å². The summed E-state index contributed by atoms with van der Waals surface area (Å²) in [6.07, 6.45) is 3.96. The molecule has 0 heterocycles. The molecule has 0 N–H and O–H groups in total. The van der Waals surface area contributed by atoms with E-state index in [0.717, 1.165) is 11.3 Å². The number of allylic oxidation sites excluding steroid dienone is 1. The SMILES string of the molecule is COC(=O)Cc1ccc(OCC=CCCl)cc1. The maximum Gasteiger partial charge on any atom is 0.309 e. The molecule has 0 bridgehead atoms. The van der Waals surface area contributed by atoms with E-state index < -0.39 is 0 Å². The number of hydrogen-bond acceptors (Lipinski definition) is 3. The number of carbonyl (C=O) groups is 1. The molecule has 0 atom stereocenters. The lowest BCUT2D eigenvalue weighted by atomic mass is 10.1. The third kappa shape index (κ3) is 5.41. The van der Waals surface area contributed by atoms with Crippen LogP contribution in [-0.2, 0) is 16.0 Å². The van der Waals surface area contributed by atoms with Crippen LogP contribution < -0.4 is 4.74 Å². The first-order valence-electron chi connectivity index (χ1n) is 5.25. The van der Waals surface area contributed by atoms with E-state index in [1.54, 1.807) is 0 Å². The lowest BCUT2D eigenvalue weighted by Crippen LogP contribution is -2.04. The zero-order valence-corrected chi connectivity index (χ0v) is 10.4. The Hall–Kier alpha value is -1.48. The van der Waals surface area contributed by atoms with E-state index in [1.807, 2.05) is 36.4 Å². The van der Waals surface area contributed by atoms with Crippen molar-refractivity contribution in [1.29, 1.82) is 0 Å². The predicted octanol–water partition coefficient (Wildman–Crippen LogP) is 2.58. The van der Waals surface area contributed by atoms with Gasteiger partial charge in [-0.2, -0.15) is 0 Å². The fraction of sp³-hybridized carbons (Fsp3) is 0.308. The van der Waals surface area contributed by atoms with Gasteiger partial charge in [0, 0.05) is 5.88 Å². The molecule has 0 aromatic heterocycles. The van der Waals surface area contributed by atoms with Gasteiger partial charge in [0.1, 0.15) is 12.4 Å². The normalized spacial score (nSPS) is 10.5. The molecule has 92 valence electrons. The van der Waals surface area contributed by atoms with Gasteiger partial charge in [0.25, 0.3) is 0 Å². The summed E-state index contributed by atoms with van der Waals surface area (Å²) in [5.74, 6) is 1.00. The highest BCUT2D eigenvalue weighted by Gasteiger charge is 2.02. The number of methoxy groups -OCH3 is 1. The largest absolute Gasteiger partial charge is 0.490 e. The second-order valence-electron chi connectivity index (χ2n) is 3.33. The van der Waals surface area contributed by atoms with Crippen molar-refractivity contribution in [3.8, 4) is 5.75 Å². The number of hydrogen-bond donors (Lipinski definition) is 0. The molecule has 1 aromatic rings.